The van der Waals surface area contributed by atoms with Crippen molar-refractivity contribution < 1.29 is 4.74 Å². The number of benzene rings is 1. The summed E-state index contributed by atoms with van der Waals surface area (Å²) >= 11 is 0. The van der Waals surface area contributed by atoms with Crippen LogP contribution in [0, 0.1) is 5.92 Å². The second kappa shape index (κ2) is 7.78. The lowest BCUT2D eigenvalue weighted by Gasteiger charge is -2.31. The summed E-state index contributed by atoms with van der Waals surface area (Å²) in [5.41, 5.74) is 8.19. The van der Waals surface area contributed by atoms with E-state index in [9.17, 15) is 0 Å². The van der Waals surface area contributed by atoms with Crippen molar-refractivity contribution in [3.05, 3.63) is 29.3 Å². The summed E-state index contributed by atoms with van der Waals surface area (Å²) in [7, 11) is 6.12. The number of hydrogen-bond acceptors (Lipinski definition) is 4. The monoisotopic (exact) mass is 291 g/mol. The molecular weight excluding hydrogens is 262 g/mol. The van der Waals surface area contributed by atoms with Gasteiger partial charge in [0.15, 0.2) is 0 Å². The van der Waals surface area contributed by atoms with Crippen LogP contribution in [0.4, 0.5) is 0 Å². The summed E-state index contributed by atoms with van der Waals surface area (Å²) in [6.45, 7) is 5.15. The average Bonchev–Trinajstić information content (AvgIpc) is 2.49. The van der Waals surface area contributed by atoms with Gasteiger partial charge in [0.2, 0.25) is 0 Å². The van der Waals surface area contributed by atoms with Crippen molar-refractivity contribution in [1.29, 1.82) is 0 Å². The fourth-order valence-electron chi connectivity index (χ4n) is 3.15. The Morgan fingerprint density at radius 3 is 2.67 bits per heavy atom. The van der Waals surface area contributed by atoms with Crippen LogP contribution < -0.4 is 10.5 Å². The molecule has 2 rings (SSSR count). The molecule has 118 valence electrons. The van der Waals surface area contributed by atoms with E-state index in [1.54, 1.807) is 7.11 Å². The summed E-state index contributed by atoms with van der Waals surface area (Å²) in [5.74, 6) is 1.72. The standard InChI is InChI=1S/C17H29N3O/c1-19-8-6-14(7-9-19)12-20(2)13-15-4-5-17(21-3)16(10-15)11-18/h4-5,10,14H,6-9,11-13,18H2,1-3H3. The van der Waals surface area contributed by atoms with Gasteiger partial charge in [-0.25, -0.2) is 0 Å². The highest BCUT2D eigenvalue weighted by Crippen LogP contribution is 2.21. The summed E-state index contributed by atoms with van der Waals surface area (Å²) < 4.78 is 5.33. The van der Waals surface area contributed by atoms with Gasteiger partial charge in [-0.05, 0) is 63.6 Å². The molecule has 0 radical (unpaired) electrons. The third-order valence-corrected chi connectivity index (χ3v) is 4.43. The molecule has 1 aromatic carbocycles. The van der Waals surface area contributed by atoms with Gasteiger partial charge in [0.25, 0.3) is 0 Å². The maximum Gasteiger partial charge on any atom is 0.123 e. The number of nitrogens with two attached hydrogens (primary N) is 1. The summed E-state index contributed by atoms with van der Waals surface area (Å²) in [6.07, 6.45) is 2.63. The van der Waals surface area contributed by atoms with Crippen molar-refractivity contribution >= 4 is 0 Å². The molecule has 0 aliphatic carbocycles. The highest BCUT2D eigenvalue weighted by molar-refractivity contribution is 5.37. The summed E-state index contributed by atoms with van der Waals surface area (Å²) in [6, 6.07) is 6.34. The SMILES string of the molecule is COc1ccc(CN(C)CC2CCN(C)CC2)cc1CN. The van der Waals surface area contributed by atoms with Crippen molar-refractivity contribution in [2.24, 2.45) is 11.7 Å². The van der Waals surface area contributed by atoms with Crippen LogP contribution in [0.15, 0.2) is 18.2 Å². The van der Waals surface area contributed by atoms with Gasteiger partial charge in [0, 0.05) is 25.2 Å². The van der Waals surface area contributed by atoms with E-state index in [2.05, 4.69) is 36.0 Å². The van der Waals surface area contributed by atoms with Crippen LogP contribution in [0.25, 0.3) is 0 Å². The minimum Gasteiger partial charge on any atom is -0.496 e. The molecule has 0 atom stereocenters. The van der Waals surface area contributed by atoms with Crippen LogP contribution in [0.3, 0.4) is 0 Å². The summed E-state index contributed by atoms with van der Waals surface area (Å²) in [5, 5.41) is 0. The Bertz CT molecular complexity index is 442. The number of ether oxygens (including phenoxy) is 1. The smallest absolute Gasteiger partial charge is 0.123 e. The number of hydrogen-bond donors (Lipinski definition) is 1. The lowest BCUT2D eigenvalue weighted by Crippen LogP contribution is -2.35. The molecule has 0 spiro atoms. The highest BCUT2D eigenvalue weighted by Gasteiger charge is 2.18. The van der Waals surface area contributed by atoms with E-state index in [0.29, 0.717) is 6.54 Å². The molecule has 21 heavy (non-hydrogen) atoms. The van der Waals surface area contributed by atoms with Crippen molar-refractivity contribution in [2.45, 2.75) is 25.9 Å². The number of piperidine rings is 1. The molecule has 0 saturated carbocycles. The molecule has 4 heteroatoms. The van der Waals surface area contributed by atoms with E-state index >= 15 is 0 Å². The Balaban J connectivity index is 1.88. The second-order valence-corrected chi connectivity index (χ2v) is 6.29. The predicted octanol–water partition coefficient (Wildman–Crippen LogP) is 1.93. The molecule has 1 saturated heterocycles. The van der Waals surface area contributed by atoms with Crippen LogP contribution in [0.1, 0.15) is 24.0 Å². The van der Waals surface area contributed by atoms with Gasteiger partial charge < -0.3 is 20.3 Å². The minimum atomic E-state index is 0.523. The third-order valence-electron chi connectivity index (χ3n) is 4.43. The van der Waals surface area contributed by atoms with Gasteiger partial charge in [0.1, 0.15) is 5.75 Å². The van der Waals surface area contributed by atoms with Crippen molar-refractivity contribution in [3.63, 3.8) is 0 Å². The number of methoxy groups -OCH3 is 1. The van der Waals surface area contributed by atoms with Gasteiger partial charge in [0.05, 0.1) is 7.11 Å². The first-order valence-corrected chi connectivity index (χ1v) is 7.85. The summed E-state index contributed by atoms with van der Waals surface area (Å²) in [4.78, 5) is 4.85. The highest BCUT2D eigenvalue weighted by atomic mass is 16.5. The normalized spacial score (nSPS) is 17.4. The Morgan fingerprint density at radius 1 is 1.33 bits per heavy atom. The Hall–Kier alpha value is -1.10. The number of likely N-dealkylation sites (tertiary alicyclic amines) is 1. The molecular formula is C17H29N3O. The molecule has 2 N–H and O–H groups in total. The fourth-order valence-corrected chi connectivity index (χ4v) is 3.15. The van der Waals surface area contributed by atoms with E-state index in [1.165, 1.54) is 38.0 Å². The molecule has 1 aliphatic heterocycles. The van der Waals surface area contributed by atoms with E-state index in [-0.39, 0.29) is 0 Å². The van der Waals surface area contributed by atoms with Crippen LogP contribution in [-0.4, -0.2) is 50.6 Å². The van der Waals surface area contributed by atoms with Crippen LogP contribution in [-0.2, 0) is 13.1 Å². The van der Waals surface area contributed by atoms with Crippen LogP contribution in [0.5, 0.6) is 5.75 Å². The lowest BCUT2D eigenvalue weighted by atomic mass is 9.96. The maximum atomic E-state index is 5.79. The molecule has 4 nitrogen and oxygen atoms in total. The Labute approximate surface area is 128 Å². The molecule has 0 amide bonds. The molecule has 1 aromatic rings. The molecule has 0 unspecified atom stereocenters. The van der Waals surface area contributed by atoms with Gasteiger partial charge in [-0.15, -0.1) is 0 Å². The molecule has 1 fully saturated rings. The van der Waals surface area contributed by atoms with E-state index in [0.717, 1.165) is 23.8 Å². The van der Waals surface area contributed by atoms with E-state index in [4.69, 9.17) is 10.5 Å². The zero-order valence-corrected chi connectivity index (χ0v) is 13.6. The topological polar surface area (TPSA) is 41.7 Å². The van der Waals surface area contributed by atoms with Crippen LogP contribution in [0.2, 0.25) is 0 Å². The first kappa shape index (κ1) is 16.3. The minimum absolute atomic E-state index is 0.523. The van der Waals surface area contributed by atoms with E-state index < -0.39 is 0 Å². The van der Waals surface area contributed by atoms with Gasteiger partial charge >= 0.3 is 0 Å². The maximum absolute atomic E-state index is 5.79. The Kier molecular flexibility index (Phi) is 6.03. The van der Waals surface area contributed by atoms with Crippen molar-refractivity contribution in [3.8, 4) is 5.75 Å². The molecule has 0 bridgehead atoms. The predicted molar refractivity (Wildman–Crippen MR) is 87.4 cm³/mol. The third kappa shape index (κ3) is 4.70. The number of nitrogens with zero attached hydrogens (tertiary/aromatic N) is 2. The van der Waals surface area contributed by atoms with Gasteiger partial charge in [-0.1, -0.05) is 6.07 Å². The molecule has 1 heterocycles. The first-order valence-electron chi connectivity index (χ1n) is 7.85. The average molecular weight is 291 g/mol. The lowest BCUT2D eigenvalue weighted by molar-refractivity contribution is 0.173. The second-order valence-electron chi connectivity index (χ2n) is 6.29. The van der Waals surface area contributed by atoms with E-state index in [1.807, 2.05) is 6.07 Å². The van der Waals surface area contributed by atoms with Crippen molar-refractivity contribution in [2.75, 3.05) is 40.8 Å². The van der Waals surface area contributed by atoms with Gasteiger partial charge in [-0.3, -0.25) is 0 Å². The fraction of sp³-hybridized carbons (Fsp3) is 0.647. The number of rotatable bonds is 6. The van der Waals surface area contributed by atoms with Crippen LogP contribution >= 0.6 is 0 Å². The Morgan fingerprint density at radius 2 is 2.05 bits per heavy atom. The molecule has 0 aromatic heterocycles. The molecule has 1 aliphatic rings. The van der Waals surface area contributed by atoms with Crippen molar-refractivity contribution in [1.82, 2.24) is 9.80 Å². The quantitative estimate of drug-likeness (QED) is 0.869. The largest absolute Gasteiger partial charge is 0.496 e. The first-order chi connectivity index (χ1) is 10.1. The zero-order chi connectivity index (χ0) is 15.2. The zero-order valence-electron chi connectivity index (χ0n) is 13.6. The van der Waals surface area contributed by atoms with Gasteiger partial charge in [-0.2, -0.15) is 0 Å².